The molecule has 1 aliphatic rings. The number of carbonyl (C=O) groups is 2. The van der Waals surface area contributed by atoms with Crippen molar-refractivity contribution in [3.05, 3.63) is 88.7 Å². The van der Waals surface area contributed by atoms with Crippen LogP contribution in [0, 0.1) is 5.82 Å². The first kappa shape index (κ1) is 24.5. The number of rotatable bonds is 7. The second kappa shape index (κ2) is 10.8. The number of amides is 2. The molecule has 1 heterocycles. The van der Waals surface area contributed by atoms with Crippen molar-refractivity contribution in [1.82, 2.24) is 9.32 Å². The molecule has 0 aromatic heterocycles. The average molecular weight is 497 g/mol. The van der Waals surface area contributed by atoms with Crippen LogP contribution >= 0.6 is 11.8 Å². The summed E-state index contributed by atoms with van der Waals surface area (Å²) < 4.78 is 21.7. The van der Waals surface area contributed by atoms with Crippen LogP contribution in [0.15, 0.2) is 60.7 Å². The predicted molar refractivity (Wildman–Crippen MR) is 132 cm³/mol. The Bertz CT molecular complexity index is 1240. The van der Waals surface area contributed by atoms with E-state index in [4.69, 9.17) is 21.6 Å². The summed E-state index contributed by atoms with van der Waals surface area (Å²) in [6.45, 7) is 3.02. The Morgan fingerprint density at radius 2 is 1.80 bits per heavy atom. The number of aliphatic carboxylic acids is 1. The van der Waals surface area contributed by atoms with Crippen molar-refractivity contribution in [1.29, 1.82) is 0 Å². The number of carboxylic acids is 1. The molecule has 0 radical (unpaired) electrons. The van der Waals surface area contributed by atoms with Gasteiger partial charge in [-0.25, -0.2) is 13.6 Å². The van der Waals surface area contributed by atoms with Gasteiger partial charge in [-0.15, -0.1) is 0 Å². The lowest BCUT2D eigenvalue weighted by Crippen LogP contribution is -2.41. The summed E-state index contributed by atoms with van der Waals surface area (Å²) in [6.07, 6.45) is 0.231. The van der Waals surface area contributed by atoms with E-state index in [1.165, 1.54) is 6.07 Å². The van der Waals surface area contributed by atoms with E-state index in [1.807, 2.05) is 37.3 Å². The van der Waals surface area contributed by atoms with E-state index in [0.29, 0.717) is 42.0 Å². The number of carboxylic acid groups (broad SMARTS) is 1. The third kappa shape index (κ3) is 5.57. The van der Waals surface area contributed by atoms with Gasteiger partial charge in [-0.2, -0.15) is 0 Å². The molecule has 3 aromatic rings. The first-order valence-electron chi connectivity index (χ1n) is 11.4. The number of benzene rings is 3. The van der Waals surface area contributed by atoms with Crippen molar-refractivity contribution in [3.63, 3.8) is 0 Å². The van der Waals surface area contributed by atoms with Gasteiger partial charge < -0.3 is 14.7 Å². The molecule has 0 spiro atoms. The Balaban J connectivity index is 1.65. The van der Waals surface area contributed by atoms with Crippen LogP contribution in [0.5, 0.6) is 5.75 Å². The molecule has 0 atom stereocenters. The van der Waals surface area contributed by atoms with Crippen molar-refractivity contribution in [3.8, 4) is 16.9 Å². The second-order valence-corrected chi connectivity index (χ2v) is 8.75. The molecule has 2 amide bonds. The monoisotopic (exact) mass is 496 g/mol. The summed E-state index contributed by atoms with van der Waals surface area (Å²) in [4.78, 5) is 25.9. The maximum Gasteiger partial charge on any atom is 0.335 e. The Labute approximate surface area is 208 Å². The van der Waals surface area contributed by atoms with Crippen LogP contribution in [-0.2, 0) is 30.7 Å². The highest BCUT2D eigenvalue weighted by Crippen LogP contribution is 2.38. The molecular weight excluding hydrogens is 471 g/mol. The van der Waals surface area contributed by atoms with Crippen molar-refractivity contribution in [2.24, 2.45) is 0 Å². The summed E-state index contributed by atoms with van der Waals surface area (Å²) in [5, 5.41) is 9.15. The van der Waals surface area contributed by atoms with Gasteiger partial charge >= 0.3 is 12.0 Å². The molecule has 3 aromatic carbocycles. The first-order valence-corrected chi connectivity index (χ1v) is 11.8. The molecule has 0 saturated carbocycles. The van der Waals surface area contributed by atoms with Crippen LogP contribution in [-0.4, -0.2) is 39.6 Å². The van der Waals surface area contributed by atoms with Gasteiger partial charge in [0.05, 0.1) is 19.6 Å². The van der Waals surface area contributed by atoms with Gasteiger partial charge in [-0.3, -0.25) is 4.79 Å². The summed E-state index contributed by atoms with van der Waals surface area (Å²) in [5.41, 5.74) is 4.24. The molecule has 6 nitrogen and oxygen atoms in total. The molecule has 182 valence electrons. The number of hydrogen-bond acceptors (Lipinski definition) is 3. The molecule has 4 rings (SSSR count). The van der Waals surface area contributed by atoms with Gasteiger partial charge in [0.1, 0.15) is 11.6 Å². The van der Waals surface area contributed by atoms with Crippen LogP contribution in [0.1, 0.15) is 29.2 Å². The zero-order valence-corrected chi connectivity index (χ0v) is 20.1. The first-order chi connectivity index (χ1) is 16.9. The number of nitrogens with zero attached hydrogens (tertiary/aromatic N) is 2. The molecule has 35 heavy (non-hydrogen) atoms. The minimum Gasteiger partial charge on any atom is -0.493 e. The van der Waals surface area contributed by atoms with E-state index in [1.54, 1.807) is 29.2 Å². The fourth-order valence-corrected chi connectivity index (χ4v) is 4.61. The third-order valence-corrected chi connectivity index (χ3v) is 6.25. The standard InChI is InChI=1S/C27H26ClFN2O4/c1-2-35-25-14-19(15-26(32)33)8-9-22(25)20-10-11-24(29)21-12-13-30(17-23(20)21)27(34)31(28)16-18-6-4-3-5-7-18/h3-11,14H,2,12-13,15-17H2,1H3,(H,32,33). The number of carbonyl (C=O) groups excluding carboxylic acids is 1. The maximum absolute atomic E-state index is 14.8. The topological polar surface area (TPSA) is 70.1 Å². The van der Waals surface area contributed by atoms with E-state index in [-0.39, 0.29) is 31.4 Å². The smallest absolute Gasteiger partial charge is 0.335 e. The Kier molecular flexibility index (Phi) is 7.56. The lowest BCUT2D eigenvalue weighted by Gasteiger charge is -2.33. The van der Waals surface area contributed by atoms with Crippen molar-refractivity contribution < 1.29 is 23.8 Å². The zero-order chi connectivity index (χ0) is 24.9. The summed E-state index contributed by atoms with van der Waals surface area (Å²) in [6, 6.07) is 17.4. The third-order valence-electron chi connectivity index (χ3n) is 5.99. The predicted octanol–water partition coefficient (Wildman–Crippen LogP) is 5.65. The zero-order valence-electron chi connectivity index (χ0n) is 19.3. The Morgan fingerprint density at radius 1 is 1.06 bits per heavy atom. The summed E-state index contributed by atoms with van der Waals surface area (Å²) >= 11 is 6.34. The SMILES string of the molecule is CCOc1cc(CC(=O)O)ccc1-c1ccc(F)c2c1CN(C(=O)N(Cl)Cc1ccccc1)CC2. The molecule has 1 aliphatic heterocycles. The van der Waals surface area contributed by atoms with Gasteiger partial charge in [0.25, 0.3) is 0 Å². The van der Waals surface area contributed by atoms with E-state index >= 15 is 0 Å². The van der Waals surface area contributed by atoms with Gasteiger partial charge in [0.15, 0.2) is 0 Å². The van der Waals surface area contributed by atoms with E-state index in [0.717, 1.165) is 21.1 Å². The maximum atomic E-state index is 14.8. The highest BCUT2D eigenvalue weighted by molar-refractivity contribution is 6.20. The number of halogens is 2. The molecule has 8 heteroatoms. The average Bonchev–Trinajstić information content (AvgIpc) is 2.85. The molecule has 1 N–H and O–H groups in total. The minimum absolute atomic E-state index is 0.128. The van der Waals surface area contributed by atoms with Gasteiger partial charge in [0, 0.05) is 30.4 Å². The van der Waals surface area contributed by atoms with Crippen LogP contribution in [0.25, 0.3) is 11.1 Å². The van der Waals surface area contributed by atoms with Crippen LogP contribution in [0.2, 0.25) is 0 Å². The van der Waals surface area contributed by atoms with Crippen LogP contribution < -0.4 is 4.74 Å². The number of urea groups is 1. The largest absolute Gasteiger partial charge is 0.493 e. The Hall–Kier alpha value is -3.58. The number of ether oxygens (including phenoxy) is 1. The minimum atomic E-state index is -0.936. The van der Waals surface area contributed by atoms with Crippen molar-refractivity contribution in [2.75, 3.05) is 13.2 Å². The molecule has 0 unspecified atom stereocenters. The fraction of sp³-hybridized carbons (Fsp3) is 0.259. The van der Waals surface area contributed by atoms with Gasteiger partial charge in [-0.05, 0) is 53.3 Å². The quantitative estimate of drug-likeness (QED) is 0.429. The molecule has 0 bridgehead atoms. The lowest BCUT2D eigenvalue weighted by atomic mass is 9.90. The van der Waals surface area contributed by atoms with Crippen molar-refractivity contribution >= 4 is 23.8 Å². The molecule has 0 aliphatic carbocycles. The molecule has 0 saturated heterocycles. The van der Waals surface area contributed by atoms with Gasteiger partial charge in [-0.1, -0.05) is 48.5 Å². The van der Waals surface area contributed by atoms with E-state index < -0.39 is 5.97 Å². The second-order valence-electron chi connectivity index (χ2n) is 8.35. The highest BCUT2D eigenvalue weighted by atomic mass is 35.5. The lowest BCUT2D eigenvalue weighted by molar-refractivity contribution is -0.136. The van der Waals surface area contributed by atoms with Gasteiger partial charge in [0.2, 0.25) is 0 Å². The summed E-state index contributed by atoms with van der Waals surface area (Å²) in [5.74, 6) is -0.732. The Morgan fingerprint density at radius 3 is 2.51 bits per heavy atom. The molecule has 0 fully saturated rings. The highest BCUT2D eigenvalue weighted by Gasteiger charge is 2.29. The van der Waals surface area contributed by atoms with E-state index in [2.05, 4.69) is 0 Å². The van der Waals surface area contributed by atoms with Crippen LogP contribution in [0.4, 0.5) is 9.18 Å². The number of fused-ring (bicyclic) bond motifs is 1. The van der Waals surface area contributed by atoms with Crippen LogP contribution in [0.3, 0.4) is 0 Å². The van der Waals surface area contributed by atoms with Crippen molar-refractivity contribution in [2.45, 2.75) is 32.9 Å². The normalized spacial score (nSPS) is 12.7. The summed E-state index contributed by atoms with van der Waals surface area (Å²) in [7, 11) is 0. The van der Waals surface area contributed by atoms with E-state index in [9.17, 15) is 14.0 Å². The fourth-order valence-electron chi connectivity index (χ4n) is 4.36. The number of hydrogen-bond donors (Lipinski definition) is 1. The molecular formula is C27H26ClFN2O4.